The lowest BCUT2D eigenvalue weighted by Gasteiger charge is -2.26. The van der Waals surface area contributed by atoms with E-state index in [9.17, 15) is 18.0 Å². The van der Waals surface area contributed by atoms with Crippen molar-refractivity contribution in [3.8, 4) is 0 Å². The molecule has 0 spiro atoms. The number of hydrogen-bond acceptors (Lipinski definition) is 5. The molecule has 1 aliphatic rings. The molecule has 6 nitrogen and oxygen atoms in total. The molecule has 3 aromatic rings. The van der Waals surface area contributed by atoms with E-state index in [4.69, 9.17) is 23.2 Å². The van der Waals surface area contributed by atoms with E-state index in [1.54, 1.807) is 36.4 Å². The SMILES string of the molecule is O=C1CC(N(Cc2cccs2)S(=O)(=O)c2ccc(Cl)cc2)C(=O)N1c1ccc(Cl)cc1. The van der Waals surface area contributed by atoms with Gasteiger partial charge in [-0.2, -0.15) is 4.31 Å². The van der Waals surface area contributed by atoms with Gasteiger partial charge in [-0.25, -0.2) is 13.3 Å². The van der Waals surface area contributed by atoms with Gasteiger partial charge < -0.3 is 0 Å². The van der Waals surface area contributed by atoms with E-state index in [1.807, 2.05) is 5.38 Å². The van der Waals surface area contributed by atoms with Gasteiger partial charge in [0.2, 0.25) is 15.9 Å². The van der Waals surface area contributed by atoms with E-state index in [1.165, 1.54) is 35.6 Å². The Kier molecular flexibility index (Phi) is 6.18. The van der Waals surface area contributed by atoms with E-state index >= 15 is 0 Å². The molecule has 0 bridgehead atoms. The number of nitrogens with zero attached hydrogens (tertiary/aromatic N) is 2. The Labute approximate surface area is 193 Å². The van der Waals surface area contributed by atoms with Gasteiger partial charge in [0.1, 0.15) is 6.04 Å². The Hall–Kier alpha value is -2.23. The molecular weight excluding hydrogens is 479 g/mol. The minimum absolute atomic E-state index is 0.00125. The van der Waals surface area contributed by atoms with E-state index in [-0.39, 0.29) is 17.9 Å². The van der Waals surface area contributed by atoms with Crippen LogP contribution in [0.4, 0.5) is 5.69 Å². The van der Waals surface area contributed by atoms with Crippen molar-refractivity contribution in [2.24, 2.45) is 0 Å². The summed E-state index contributed by atoms with van der Waals surface area (Å²) in [4.78, 5) is 27.7. The van der Waals surface area contributed by atoms with Gasteiger partial charge in [-0.15, -0.1) is 11.3 Å². The van der Waals surface area contributed by atoms with E-state index in [0.717, 1.165) is 14.1 Å². The average Bonchev–Trinajstić information content (AvgIpc) is 3.35. The fourth-order valence-electron chi connectivity index (χ4n) is 3.36. The van der Waals surface area contributed by atoms with Crippen LogP contribution in [0.2, 0.25) is 10.0 Å². The Morgan fingerprint density at radius 2 is 1.58 bits per heavy atom. The highest BCUT2D eigenvalue weighted by Crippen LogP contribution is 2.32. The Morgan fingerprint density at radius 1 is 0.968 bits per heavy atom. The molecule has 160 valence electrons. The van der Waals surface area contributed by atoms with Crippen LogP contribution >= 0.6 is 34.5 Å². The third-order valence-corrected chi connectivity index (χ3v) is 8.10. The van der Waals surface area contributed by atoms with Crippen LogP contribution in [0.1, 0.15) is 11.3 Å². The van der Waals surface area contributed by atoms with Crippen LogP contribution in [0, 0.1) is 0 Å². The number of hydrogen-bond donors (Lipinski definition) is 0. The van der Waals surface area contributed by atoms with E-state index < -0.39 is 27.9 Å². The number of imide groups is 1. The summed E-state index contributed by atoms with van der Waals surface area (Å²) < 4.78 is 28.1. The van der Waals surface area contributed by atoms with Crippen LogP contribution in [0.5, 0.6) is 0 Å². The average molecular weight is 495 g/mol. The first kappa shape index (κ1) is 22.0. The molecular formula is C21H16Cl2N2O4S2. The topological polar surface area (TPSA) is 74.8 Å². The number of carbonyl (C=O) groups excluding carboxylic acids is 2. The molecule has 0 N–H and O–H groups in total. The van der Waals surface area contributed by atoms with Crippen molar-refractivity contribution < 1.29 is 18.0 Å². The molecule has 31 heavy (non-hydrogen) atoms. The Morgan fingerprint density at radius 3 is 2.16 bits per heavy atom. The minimum atomic E-state index is -4.09. The quantitative estimate of drug-likeness (QED) is 0.470. The molecule has 2 heterocycles. The first-order chi connectivity index (χ1) is 14.8. The molecule has 4 rings (SSSR count). The molecule has 0 saturated carbocycles. The van der Waals surface area contributed by atoms with Crippen molar-refractivity contribution in [2.45, 2.75) is 23.9 Å². The molecule has 1 atom stereocenters. The standard InChI is InChI=1S/C21H16Cl2N2O4S2/c22-14-3-7-16(8-4-14)25-20(26)12-19(21(25)27)24(13-17-2-1-11-30-17)31(28,29)18-9-5-15(23)6-10-18/h1-11,19H,12-13H2. The number of amides is 2. The molecule has 0 radical (unpaired) electrons. The largest absolute Gasteiger partial charge is 0.274 e. The normalized spacial score (nSPS) is 17.0. The maximum Gasteiger partial charge on any atom is 0.252 e. The highest BCUT2D eigenvalue weighted by Gasteiger charge is 2.47. The molecule has 1 unspecified atom stereocenters. The zero-order valence-electron chi connectivity index (χ0n) is 15.9. The fraction of sp³-hybridized carbons (Fsp3) is 0.143. The van der Waals surface area contributed by atoms with Crippen molar-refractivity contribution in [1.82, 2.24) is 4.31 Å². The second-order valence-corrected chi connectivity index (χ2v) is 10.6. The summed E-state index contributed by atoms with van der Waals surface area (Å²) in [5.74, 6) is -1.07. The summed E-state index contributed by atoms with van der Waals surface area (Å²) in [6, 6.07) is 14.4. The summed E-state index contributed by atoms with van der Waals surface area (Å²) in [5.41, 5.74) is 0.349. The number of rotatable bonds is 6. The van der Waals surface area contributed by atoms with Gasteiger partial charge in [0.25, 0.3) is 5.91 Å². The summed E-state index contributed by atoms with van der Waals surface area (Å²) in [7, 11) is -4.09. The Bertz CT molecular complexity index is 1210. The number of thiophene rings is 1. The van der Waals surface area contributed by atoms with Gasteiger partial charge in [-0.05, 0) is 60.0 Å². The van der Waals surface area contributed by atoms with Crippen LogP contribution in [-0.2, 0) is 26.2 Å². The zero-order valence-corrected chi connectivity index (χ0v) is 19.1. The Balaban J connectivity index is 1.73. The van der Waals surface area contributed by atoms with Crippen LogP contribution in [0.25, 0.3) is 0 Å². The van der Waals surface area contributed by atoms with Crippen molar-refractivity contribution in [3.05, 3.63) is 81.0 Å². The first-order valence-electron chi connectivity index (χ1n) is 9.19. The number of carbonyl (C=O) groups is 2. The summed E-state index contributed by atoms with van der Waals surface area (Å²) in [5, 5.41) is 2.68. The lowest BCUT2D eigenvalue weighted by Crippen LogP contribution is -2.44. The monoisotopic (exact) mass is 494 g/mol. The molecule has 10 heteroatoms. The third-order valence-electron chi connectivity index (χ3n) is 4.87. The van der Waals surface area contributed by atoms with Gasteiger partial charge in [-0.1, -0.05) is 29.3 Å². The lowest BCUT2D eigenvalue weighted by atomic mass is 10.2. The predicted molar refractivity (Wildman–Crippen MR) is 121 cm³/mol. The van der Waals surface area contributed by atoms with Gasteiger partial charge in [0.05, 0.1) is 17.0 Å². The molecule has 0 aliphatic carbocycles. The number of anilines is 1. The van der Waals surface area contributed by atoms with Crippen molar-refractivity contribution in [3.63, 3.8) is 0 Å². The number of benzene rings is 2. The molecule has 1 saturated heterocycles. The van der Waals surface area contributed by atoms with E-state index in [0.29, 0.717) is 15.7 Å². The lowest BCUT2D eigenvalue weighted by molar-refractivity contribution is -0.122. The van der Waals surface area contributed by atoms with E-state index in [2.05, 4.69) is 0 Å². The van der Waals surface area contributed by atoms with Gasteiger partial charge >= 0.3 is 0 Å². The maximum atomic E-state index is 13.5. The van der Waals surface area contributed by atoms with Gasteiger partial charge in [0.15, 0.2) is 0 Å². The second-order valence-electron chi connectivity index (χ2n) is 6.85. The van der Waals surface area contributed by atoms with Gasteiger partial charge in [0, 0.05) is 21.5 Å². The summed E-state index contributed by atoms with van der Waals surface area (Å²) in [6.07, 6.45) is -0.250. The van der Waals surface area contributed by atoms with Crippen molar-refractivity contribution in [1.29, 1.82) is 0 Å². The maximum absolute atomic E-state index is 13.5. The van der Waals surface area contributed by atoms with Crippen LogP contribution in [-0.4, -0.2) is 30.6 Å². The number of halogens is 2. The number of sulfonamides is 1. The fourth-order valence-corrected chi connectivity index (χ4v) is 5.96. The summed E-state index contributed by atoms with van der Waals surface area (Å²) in [6.45, 7) is -0.0270. The molecule has 1 aromatic heterocycles. The minimum Gasteiger partial charge on any atom is -0.274 e. The summed E-state index contributed by atoms with van der Waals surface area (Å²) >= 11 is 13.2. The highest BCUT2D eigenvalue weighted by molar-refractivity contribution is 7.89. The molecule has 1 aliphatic heterocycles. The highest BCUT2D eigenvalue weighted by atomic mass is 35.5. The van der Waals surface area contributed by atoms with Crippen LogP contribution in [0.3, 0.4) is 0 Å². The smallest absolute Gasteiger partial charge is 0.252 e. The predicted octanol–water partition coefficient (Wildman–Crippen LogP) is 4.58. The molecule has 2 aromatic carbocycles. The van der Waals surface area contributed by atoms with Crippen molar-refractivity contribution >= 4 is 62.1 Å². The van der Waals surface area contributed by atoms with Crippen LogP contribution in [0.15, 0.2) is 70.9 Å². The first-order valence-corrected chi connectivity index (χ1v) is 12.3. The van der Waals surface area contributed by atoms with Crippen LogP contribution < -0.4 is 4.90 Å². The van der Waals surface area contributed by atoms with Crippen molar-refractivity contribution in [2.75, 3.05) is 4.90 Å². The third kappa shape index (κ3) is 4.40. The van der Waals surface area contributed by atoms with Gasteiger partial charge in [-0.3, -0.25) is 9.59 Å². The second kappa shape index (κ2) is 8.72. The molecule has 2 amide bonds. The molecule has 1 fully saturated rings. The zero-order chi connectivity index (χ0) is 22.2.